The van der Waals surface area contributed by atoms with Crippen molar-refractivity contribution in [3.05, 3.63) is 27.4 Å². The van der Waals surface area contributed by atoms with Gasteiger partial charge in [0.15, 0.2) is 0 Å². The van der Waals surface area contributed by atoms with E-state index in [2.05, 4.69) is 27.8 Å². The molecule has 0 atom stereocenters. The number of halogens is 1. The van der Waals surface area contributed by atoms with Crippen LogP contribution in [0.15, 0.2) is 21.8 Å². The molecular weight excluding hydrogens is 340 g/mol. The molecule has 0 saturated heterocycles. The molecule has 1 heterocycles. The van der Waals surface area contributed by atoms with Crippen molar-refractivity contribution >= 4 is 15.9 Å². The minimum atomic E-state index is -0.103. The molecule has 21 heavy (non-hydrogen) atoms. The average molecular weight is 363 g/mol. The van der Waals surface area contributed by atoms with Crippen molar-refractivity contribution in [2.24, 2.45) is 0 Å². The first-order chi connectivity index (χ1) is 10.3. The number of unbranched alkanes of at least 4 members (excludes halogenated alkanes) is 1. The van der Waals surface area contributed by atoms with Gasteiger partial charge < -0.3 is 14.2 Å². The predicted octanol–water partition coefficient (Wildman–Crippen LogP) is 1.86. The van der Waals surface area contributed by atoms with Crippen LogP contribution in [-0.4, -0.2) is 49.2 Å². The van der Waals surface area contributed by atoms with E-state index in [0.717, 1.165) is 19.4 Å². The van der Waals surface area contributed by atoms with Gasteiger partial charge in [0, 0.05) is 12.8 Å². The van der Waals surface area contributed by atoms with E-state index in [1.807, 2.05) is 0 Å². The van der Waals surface area contributed by atoms with Crippen LogP contribution < -0.4 is 5.56 Å². The highest BCUT2D eigenvalue weighted by atomic mass is 79.9. The highest BCUT2D eigenvalue weighted by molar-refractivity contribution is 9.10. The monoisotopic (exact) mass is 362 g/mol. The molecule has 0 unspecified atom stereocenters. The second-order valence-corrected chi connectivity index (χ2v) is 5.29. The minimum Gasteiger partial charge on any atom is -0.379 e. The topological polar surface area (TPSA) is 62.6 Å². The molecule has 0 aliphatic carbocycles. The van der Waals surface area contributed by atoms with E-state index in [1.165, 1.54) is 17.1 Å². The van der Waals surface area contributed by atoms with Gasteiger partial charge in [-0.1, -0.05) is 13.3 Å². The molecule has 0 N–H and O–H groups in total. The molecule has 0 saturated carbocycles. The molecule has 120 valence electrons. The molecule has 0 aromatic carbocycles. The molecule has 1 aromatic heterocycles. The van der Waals surface area contributed by atoms with E-state index in [9.17, 15) is 4.79 Å². The number of hydrogen-bond donors (Lipinski definition) is 0. The van der Waals surface area contributed by atoms with Crippen molar-refractivity contribution in [2.45, 2.75) is 26.3 Å². The molecule has 0 amide bonds. The van der Waals surface area contributed by atoms with Crippen LogP contribution in [0.5, 0.6) is 0 Å². The summed E-state index contributed by atoms with van der Waals surface area (Å²) in [6.45, 7) is 6.11. The Bertz CT molecular complexity index is 439. The van der Waals surface area contributed by atoms with Crippen LogP contribution in [0.2, 0.25) is 0 Å². The summed E-state index contributed by atoms with van der Waals surface area (Å²) in [6, 6.07) is 0. The van der Waals surface area contributed by atoms with E-state index in [-0.39, 0.29) is 5.56 Å². The van der Waals surface area contributed by atoms with Crippen LogP contribution in [-0.2, 0) is 20.8 Å². The Labute approximate surface area is 133 Å². The van der Waals surface area contributed by atoms with Crippen molar-refractivity contribution in [1.29, 1.82) is 0 Å². The van der Waals surface area contributed by atoms with Gasteiger partial charge in [0.25, 0.3) is 5.56 Å². The number of hydrogen-bond acceptors (Lipinski definition) is 5. The molecule has 1 aromatic rings. The summed E-state index contributed by atoms with van der Waals surface area (Å²) in [7, 11) is 0. The first-order valence-electron chi connectivity index (χ1n) is 7.19. The highest BCUT2D eigenvalue weighted by Crippen LogP contribution is 1.97. The molecule has 7 heteroatoms. The van der Waals surface area contributed by atoms with Crippen LogP contribution in [0.3, 0.4) is 0 Å². The zero-order valence-electron chi connectivity index (χ0n) is 12.4. The van der Waals surface area contributed by atoms with Crippen molar-refractivity contribution in [3.8, 4) is 0 Å². The van der Waals surface area contributed by atoms with Crippen molar-refractivity contribution in [3.63, 3.8) is 0 Å². The number of ether oxygens (including phenoxy) is 3. The SMILES string of the molecule is CCCCOCCOCCOCCn1cncc(Br)c1=O. The second-order valence-electron chi connectivity index (χ2n) is 4.43. The molecule has 0 aliphatic rings. The summed E-state index contributed by atoms with van der Waals surface area (Å²) in [4.78, 5) is 15.6. The predicted molar refractivity (Wildman–Crippen MR) is 83.6 cm³/mol. The van der Waals surface area contributed by atoms with Crippen molar-refractivity contribution < 1.29 is 14.2 Å². The molecule has 0 bridgehead atoms. The lowest BCUT2D eigenvalue weighted by Crippen LogP contribution is -2.23. The van der Waals surface area contributed by atoms with Crippen LogP contribution in [0.1, 0.15) is 19.8 Å². The maximum atomic E-state index is 11.7. The quantitative estimate of drug-likeness (QED) is 0.531. The third-order valence-corrected chi connectivity index (χ3v) is 3.27. The maximum absolute atomic E-state index is 11.7. The van der Waals surface area contributed by atoms with Crippen LogP contribution in [0, 0.1) is 0 Å². The van der Waals surface area contributed by atoms with Gasteiger partial charge in [-0.05, 0) is 22.4 Å². The van der Waals surface area contributed by atoms with Crippen LogP contribution >= 0.6 is 15.9 Å². The fourth-order valence-electron chi connectivity index (χ4n) is 1.53. The lowest BCUT2D eigenvalue weighted by molar-refractivity contribution is 0.0126. The Hall–Kier alpha value is -0.760. The minimum absolute atomic E-state index is 0.103. The molecule has 0 spiro atoms. The summed E-state index contributed by atoms with van der Waals surface area (Å²) >= 11 is 3.15. The maximum Gasteiger partial charge on any atom is 0.267 e. The van der Waals surface area contributed by atoms with E-state index in [1.54, 1.807) is 0 Å². The van der Waals surface area contributed by atoms with Gasteiger partial charge in [0.1, 0.15) is 4.47 Å². The molecular formula is C14H23BrN2O4. The molecule has 0 aliphatic heterocycles. The van der Waals surface area contributed by atoms with E-state index in [4.69, 9.17) is 14.2 Å². The summed E-state index contributed by atoms with van der Waals surface area (Å²) in [6.07, 6.45) is 5.22. The van der Waals surface area contributed by atoms with Gasteiger partial charge in [-0.2, -0.15) is 0 Å². The van der Waals surface area contributed by atoms with Crippen LogP contribution in [0.4, 0.5) is 0 Å². The second kappa shape index (κ2) is 11.9. The first kappa shape index (κ1) is 18.3. The fourth-order valence-corrected chi connectivity index (χ4v) is 1.88. The zero-order chi connectivity index (χ0) is 15.3. The highest BCUT2D eigenvalue weighted by Gasteiger charge is 2.00. The smallest absolute Gasteiger partial charge is 0.267 e. The molecule has 1 rings (SSSR count). The fraction of sp³-hybridized carbons (Fsp3) is 0.714. The Balaban J connectivity index is 1.95. The molecule has 0 fully saturated rings. The standard InChI is InChI=1S/C14H23BrN2O4/c1-2-3-5-19-7-9-21-10-8-20-6-4-17-12-16-11-13(15)14(17)18/h11-12H,2-10H2,1H3. The average Bonchev–Trinajstić information content (AvgIpc) is 2.49. The van der Waals surface area contributed by atoms with Gasteiger partial charge in [-0.25, -0.2) is 4.98 Å². The van der Waals surface area contributed by atoms with Gasteiger partial charge in [-0.3, -0.25) is 9.36 Å². The lowest BCUT2D eigenvalue weighted by Gasteiger charge is -2.08. The van der Waals surface area contributed by atoms with E-state index < -0.39 is 0 Å². The Morgan fingerprint density at radius 2 is 1.71 bits per heavy atom. The largest absolute Gasteiger partial charge is 0.379 e. The number of rotatable bonds is 12. The first-order valence-corrected chi connectivity index (χ1v) is 7.98. The van der Waals surface area contributed by atoms with E-state index in [0.29, 0.717) is 44.1 Å². The van der Waals surface area contributed by atoms with Gasteiger partial charge >= 0.3 is 0 Å². The summed E-state index contributed by atoms with van der Waals surface area (Å²) in [5.74, 6) is 0. The summed E-state index contributed by atoms with van der Waals surface area (Å²) in [5.41, 5.74) is -0.103. The third kappa shape index (κ3) is 8.31. The summed E-state index contributed by atoms with van der Waals surface area (Å²) < 4.78 is 18.1. The molecule has 0 radical (unpaired) electrons. The number of nitrogens with zero attached hydrogens (tertiary/aromatic N) is 2. The third-order valence-electron chi connectivity index (χ3n) is 2.72. The molecule has 6 nitrogen and oxygen atoms in total. The Morgan fingerprint density at radius 1 is 1.10 bits per heavy atom. The van der Waals surface area contributed by atoms with Gasteiger partial charge in [0.2, 0.25) is 0 Å². The summed E-state index contributed by atoms with van der Waals surface area (Å²) in [5, 5.41) is 0. The normalized spacial score (nSPS) is 11.0. The van der Waals surface area contributed by atoms with Gasteiger partial charge in [-0.15, -0.1) is 0 Å². The van der Waals surface area contributed by atoms with Crippen molar-refractivity contribution in [2.75, 3.05) is 39.6 Å². The Kier molecular flexibility index (Phi) is 10.3. The lowest BCUT2D eigenvalue weighted by atomic mass is 10.4. The zero-order valence-corrected chi connectivity index (χ0v) is 14.0. The Morgan fingerprint density at radius 3 is 2.38 bits per heavy atom. The van der Waals surface area contributed by atoms with E-state index >= 15 is 0 Å². The number of aromatic nitrogens is 2. The van der Waals surface area contributed by atoms with Crippen LogP contribution in [0.25, 0.3) is 0 Å². The van der Waals surface area contributed by atoms with Gasteiger partial charge in [0.05, 0.1) is 45.9 Å². The van der Waals surface area contributed by atoms with Crippen molar-refractivity contribution in [1.82, 2.24) is 9.55 Å².